The van der Waals surface area contributed by atoms with Gasteiger partial charge < -0.3 is 19.5 Å². The molecule has 1 atom stereocenters. The Kier molecular flexibility index (Phi) is 6.75. The van der Waals surface area contributed by atoms with Crippen LogP contribution >= 0.6 is 0 Å². The van der Waals surface area contributed by atoms with Gasteiger partial charge in [-0.05, 0) is 61.9 Å². The fourth-order valence-corrected chi connectivity index (χ4v) is 3.48. The third-order valence-electron chi connectivity index (χ3n) is 4.98. The van der Waals surface area contributed by atoms with E-state index in [1.807, 2.05) is 55.5 Å². The van der Waals surface area contributed by atoms with Gasteiger partial charge in [0.15, 0.2) is 6.61 Å². The highest BCUT2D eigenvalue weighted by Crippen LogP contribution is 2.31. The predicted molar refractivity (Wildman–Crippen MR) is 109 cm³/mol. The highest BCUT2D eigenvalue weighted by atomic mass is 16.6. The quantitative estimate of drug-likeness (QED) is 0.720. The normalized spacial score (nSPS) is 17.7. The third kappa shape index (κ3) is 5.98. The van der Waals surface area contributed by atoms with Crippen LogP contribution in [0.1, 0.15) is 37.0 Å². The summed E-state index contributed by atoms with van der Waals surface area (Å²) in [5, 5.41) is 3.02. The number of aryl methyl sites for hydroxylation is 1. The molecule has 1 unspecified atom stereocenters. The molecule has 0 saturated heterocycles. The van der Waals surface area contributed by atoms with Gasteiger partial charge in [0.05, 0.1) is 6.61 Å². The first kappa shape index (κ1) is 20.7. The number of hydrogen-bond acceptors (Lipinski definition) is 5. The van der Waals surface area contributed by atoms with Crippen LogP contribution in [-0.4, -0.2) is 30.8 Å². The summed E-state index contributed by atoms with van der Waals surface area (Å²) in [6.07, 6.45) is 1.92. The van der Waals surface area contributed by atoms with Gasteiger partial charge in [-0.25, -0.2) is 9.59 Å². The SMILES string of the molecule is CCOC(=O)COc1ccc2c(c1)CC(C)(NC(=O)OCc1ccccc1)CC2. The van der Waals surface area contributed by atoms with E-state index in [4.69, 9.17) is 14.2 Å². The van der Waals surface area contributed by atoms with E-state index in [0.29, 0.717) is 18.8 Å². The zero-order chi connectivity index (χ0) is 20.7. The Hall–Kier alpha value is -3.02. The summed E-state index contributed by atoms with van der Waals surface area (Å²) >= 11 is 0. The minimum absolute atomic E-state index is 0.117. The molecule has 0 aliphatic heterocycles. The fraction of sp³-hybridized carbons (Fsp3) is 0.391. The van der Waals surface area contributed by atoms with Crippen LogP contribution in [0.2, 0.25) is 0 Å². The number of esters is 1. The third-order valence-corrected chi connectivity index (χ3v) is 4.98. The van der Waals surface area contributed by atoms with Crippen LogP contribution in [0.5, 0.6) is 5.75 Å². The summed E-state index contributed by atoms with van der Waals surface area (Å²) in [6.45, 7) is 4.23. The second kappa shape index (κ2) is 9.45. The molecule has 0 radical (unpaired) electrons. The van der Waals surface area contributed by atoms with Crippen molar-refractivity contribution in [1.82, 2.24) is 5.32 Å². The Morgan fingerprint density at radius 1 is 1.07 bits per heavy atom. The zero-order valence-corrected chi connectivity index (χ0v) is 16.9. The molecule has 6 nitrogen and oxygen atoms in total. The lowest BCUT2D eigenvalue weighted by Gasteiger charge is -2.35. The Morgan fingerprint density at radius 3 is 2.62 bits per heavy atom. The summed E-state index contributed by atoms with van der Waals surface area (Å²) in [4.78, 5) is 23.8. The molecule has 0 bridgehead atoms. The van der Waals surface area contributed by atoms with Crippen molar-refractivity contribution in [2.45, 2.75) is 45.3 Å². The Morgan fingerprint density at radius 2 is 1.86 bits per heavy atom. The Bertz CT molecular complexity index is 852. The minimum Gasteiger partial charge on any atom is -0.482 e. The lowest BCUT2D eigenvalue weighted by atomic mass is 9.79. The van der Waals surface area contributed by atoms with Gasteiger partial charge in [0.1, 0.15) is 12.4 Å². The van der Waals surface area contributed by atoms with Crippen molar-refractivity contribution in [2.24, 2.45) is 0 Å². The number of fused-ring (bicyclic) bond motifs is 1. The van der Waals surface area contributed by atoms with E-state index in [-0.39, 0.29) is 13.2 Å². The maximum Gasteiger partial charge on any atom is 0.407 e. The molecule has 0 saturated carbocycles. The van der Waals surface area contributed by atoms with Gasteiger partial charge in [-0.2, -0.15) is 0 Å². The molecule has 1 amide bonds. The molecule has 2 aromatic rings. The lowest BCUT2D eigenvalue weighted by Crippen LogP contribution is -2.49. The van der Waals surface area contributed by atoms with E-state index in [0.717, 1.165) is 24.0 Å². The number of ether oxygens (including phenoxy) is 3. The number of hydrogen-bond donors (Lipinski definition) is 1. The highest BCUT2D eigenvalue weighted by Gasteiger charge is 2.32. The number of benzene rings is 2. The molecule has 2 aromatic carbocycles. The molecular formula is C23H27NO5. The lowest BCUT2D eigenvalue weighted by molar-refractivity contribution is -0.145. The molecule has 154 valence electrons. The number of nitrogens with one attached hydrogen (secondary N) is 1. The highest BCUT2D eigenvalue weighted by molar-refractivity contribution is 5.71. The van der Waals surface area contributed by atoms with Gasteiger partial charge in [0, 0.05) is 5.54 Å². The molecule has 1 N–H and O–H groups in total. The second-order valence-electron chi connectivity index (χ2n) is 7.45. The fourth-order valence-electron chi connectivity index (χ4n) is 3.48. The van der Waals surface area contributed by atoms with Crippen molar-refractivity contribution in [1.29, 1.82) is 0 Å². The first-order valence-electron chi connectivity index (χ1n) is 9.86. The molecule has 0 spiro atoms. The van der Waals surface area contributed by atoms with E-state index in [1.54, 1.807) is 6.92 Å². The van der Waals surface area contributed by atoms with Crippen LogP contribution in [0.25, 0.3) is 0 Å². The van der Waals surface area contributed by atoms with Crippen molar-refractivity contribution in [3.8, 4) is 5.75 Å². The largest absolute Gasteiger partial charge is 0.482 e. The average molecular weight is 397 g/mol. The van der Waals surface area contributed by atoms with E-state index < -0.39 is 17.6 Å². The molecule has 1 aliphatic rings. The van der Waals surface area contributed by atoms with Crippen molar-refractivity contribution in [3.05, 3.63) is 65.2 Å². The van der Waals surface area contributed by atoms with Crippen molar-refractivity contribution in [2.75, 3.05) is 13.2 Å². The van der Waals surface area contributed by atoms with Crippen LogP contribution in [0.15, 0.2) is 48.5 Å². The standard InChI is InChI=1S/C23H27NO5/c1-3-27-21(25)16-28-20-10-9-18-11-12-23(2,14-19(18)13-20)24-22(26)29-15-17-7-5-4-6-8-17/h4-10,13H,3,11-12,14-16H2,1-2H3,(H,24,26). The number of rotatable bonds is 7. The van der Waals surface area contributed by atoms with Gasteiger partial charge in [-0.3, -0.25) is 0 Å². The van der Waals surface area contributed by atoms with E-state index in [1.165, 1.54) is 5.56 Å². The Balaban J connectivity index is 1.57. The van der Waals surface area contributed by atoms with Gasteiger partial charge in [0.25, 0.3) is 0 Å². The molecule has 0 fully saturated rings. The predicted octanol–water partition coefficient (Wildman–Crippen LogP) is 3.80. The molecule has 29 heavy (non-hydrogen) atoms. The maximum absolute atomic E-state index is 12.3. The van der Waals surface area contributed by atoms with Gasteiger partial charge in [-0.1, -0.05) is 36.4 Å². The van der Waals surface area contributed by atoms with Gasteiger partial charge in [0.2, 0.25) is 0 Å². The van der Waals surface area contributed by atoms with Crippen LogP contribution in [0.4, 0.5) is 4.79 Å². The van der Waals surface area contributed by atoms with E-state index in [9.17, 15) is 9.59 Å². The van der Waals surface area contributed by atoms with Crippen LogP contribution in [0, 0.1) is 0 Å². The molecule has 6 heteroatoms. The molecule has 3 rings (SSSR count). The smallest absolute Gasteiger partial charge is 0.407 e. The van der Waals surface area contributed by atoms with Crippen LogP contribution < -0.4 is 10.1 Å². The first-order chi connectivity index (χ1) is 14.0. The monoisotopic (exact) mass is 397 g/mol. The maximum atomic E-state index is 12.3. The summed E-state index contributed by atoms with van der Waals surface area (Å²) in [7, 11) is 0. The molecule has 0 aromatic heterocycles. The van der Waals surface area contributed by atoms with Crippen LogP contribution in [-0.2, 0) is 33.7 Å². The molecule has 0 heterocycles. The first-order valence-corrected chi connectivity index (χ1v) is 9.86. The van der Waals surface area contributed by atoms with Gasteiger partial charge in [-0.15, -0.1) is 0 Å². The number of carbonyl (C=O) groups excluding carboxylic acids is 2. The summed E-state index contributed by atoms with van der Waals surface area (Å²) < 4.78 is 15.8. The molecule has 1 aliphatic carbocycles. The average Bonchev–Trinajstić information content (AvgIpc) is 2.71. The van der Waals surface area contributed by atoms with Crippen molar-refractivity contribution >= 4 is 12.1 Å². The Labute approximate surface area is 171 Å². The number of amides is 1. The van der Waals surface area contributed by atoms with E-state index >= 15 is 0 Å². The van der Waals surface area contributed by atoms with Crippen LogP contribution in [0.3, 0.4) is 0 Å². The van der Waals surface area contributed by atoms with E-state index in [2.05, 4.69) is 5.32 Å². The zero-order valence-electron chi connectivity index (χ0n) is 16.9. The minimum atomic E-state index is -0.422. The number of carbonyl (C=O) groups is 2. The summed E-state index contributed by atoms with van der Waals surface area (Å²) in [5.74, 6) is 0.227. The second-order valence-corrected chi connectivity index (χ2v) is 7.45. The van der Waals surface area contributed by atoms with Crippen molar-refractivity contribution < 1.29 is 23.8 Å². The number of alkyl carbamates (subject to hydrolysis) is 1. The van der Waals surface area contributed by atoms with Crippen molar-refractivity contribution in [3.63, 3.8) is 0 Å². The summed E-state index contributed by atoms with van der Waals surface area (Å²) in [5.41, 5.74) is 2.87. The summed E-state index contributed by atoms with van der Waals surface area (Å²) in [6, 6.07) is 15.4. The molecular weight excluding hydrogens is 370 g/mol. The topological polar surface area (TPSA) is 73.9 Å². The van der Waals surface area contributed by atoms with Gasteiger partial charge >= 0.3 is 12.1 Å².